The van der Waals surface area contributed by atoms with Crippen LogP contribution in [0, 0.1) is 5.82 Å². The van der Waals surface area contributed by atoms with E-state index in [0.29, 0.717) is 18.2 Å². The average Bonchev–Trinajstić information content (AvgIpc) is 2.35. The van der Waals surface area contributed by atoms with E-state index in [1.54, 1.807) is 6.07 Å². The van der Waals surface area contributed by atoms with Crippen LogP contribution in [0.3, 0.4) is 0 Å². The number of likely N-dealkylation sites (N-methyl/N-ethyl adjacent to an activating group) is 1. The Labute approximate surface area is 108 Å². The zero-order valence-corrected chi connectivity index (χ0v) is 11.2. The highest BCUT2D eigenvalue weighted by atomic mass is 19.1. The standard InChI is InChI=1S/C14H22FN3/c1-3-18-8-7-17(9-11(18)2)10-12-5-4-6-13(16)14(12)15/h4-6,11H,3,7-10,16H2,1-2H3. The second kappa shape index (κ2) is 5.67. The number of hydrogen-bond acceptors (Lipinski definition) is 3. The molecule has 1 saturated heterocycles. The second-order valence-corrected chi connectivity index (χ2v) is 5.03. The van der Waals surface area contributed by atoms with Crippen molar-refractivity contribution in [1.29, 1.82) is 0 Å². The van der Waals surface area contributed by atoms with Gasteiger partial charge in [0.25, 0.3) is 0 Å². The van der Waals surface area contributed by atoms with E-state index in [4.69, 9.17) is 5.73 Å². The molecule has 3 nitrogen and oxygen atoms in total. The van der Waals surface area contributed by atoms with Gasteiger partial charge in [0.15, 0.2) is 5.82 Å². The maximum Gasteiger partial charge on any atom is 0.150 e. The Balaban J connectivity index is 2.00. The number of nitrogens with two attached hydrogens (primary N) is 1. The monoisotopic (exact) mass is 251 g/mol. The van der Waals surface area contributed by atoms with Gasteiger partial charge >= 0.3 is 0 Å². The molecule has 0 amide bonds. The summed E-state index contributed by atoms with van der Waals surface area (Å²) in [4.78, 5) is 4.75. The first-order valence-corrected chi connectivity index (χ1v) is 6.61. The average molecular weight is 251 g/mol. The Morgan fingerprint density at radius 2 is 2.17 bits per heavy atom. The van der Waals surface area contributed by atoms with E-state index in [1.165, 1.54) is 0 Å². The fourth-order valence-corrected chi connectivity index (χ4v) is 2.65. The minimum absolute atomic E-state index is 0.243. The van der Waals surface area contributed by atoms with Crippen LogP contribution >= 0.6 is 0 Å². The summed E-state index contributed by atoms with van der Waals surface area (Å²) in [5.41, 5.74) is 6.54. The van der Waals surface area contributed by atoms with Gasteiger partial charge in [-0.3, -0.25) is 9.80 Å². The summed E-state index contributed by atoms with van der Waals surface area (Å²) in [6.07, 6.45) is 0. The molecule has 1 aromatic carbocycles. The zero-order chi connectivity index (χ0) is 13.1. The second-order valence-electron chi connectivity index (χ2n) is 5.03. The molecule has 1 fully saturated rings. The van der Waals surface area contributed by atoms with Crippen molar-refractivity contribution in [3.63, 3.8) is 0 Å². The highest BCUT2D eigenvalue weighted by molar-refractivity contribution is 5.42. The topological polar surface area (TPSA) is 32.5 Å². The molecular weight excluding hydrogens is 229 g/mol. The van der Waals surface area contributed by atoms with Crippen LogP contribution in [0.2, 0.25) is 0 Å². The largest absolute Gasteiger partial charge is 0.396 e. The Morgan fingerprint density at radius 1 is 1.39 bits per heavy atom. The summed E-state index contributed by atoms with van der Waals surface area (Å²) in [5, 5.41) is 0. The third-order valence-electron chi connectivity index (χ3n) is 3.76. The maximum atomic E-state index is 13.8. The molecule has 2 rings (SSSR count). The minimum atomic E-state index is -0.261. The molecule has 1 aliphatic heterocycles. The number of nitrogen functional groups attached to an aromatic ring is 1. The van der Waals surface area contributed by atoms with Gasteiger partial charge in [0.1, 0.15) is 0 Å². The van der Waals surface area contributed by atoms with Gasteiger partial charge in [-0.2, -0.15) is 0 Å². The van der Waals surface area contributed by atoms with Crippen LogP contribution in [0.25, 0.3) is 0 Å². The molecule has 0 radical (unpaired) electrons. The highest BCUT2D eigenvalue weighted by Gasteiger charge is 2.22. The van der Waals surface area contributed by atoms with Crippen LogP contribution in [0.5, 0.6) is 0 Å². The molecule has 1 aliphatic rings. The lowest BCUT2D eigenvalue weighted by molar-refractivity contribution is 0.0827. The molecule has 18 heavy (non-hydrogen) atoms. The smallest absolute Gasteiger partial charge is 0.150 e. The lowest BCUT2D eigenvalue weighted by Crippen LogP contribution is -2.51. The SMILES string of the molecule is CCN1CCN(Cc2cccc(N)c2F)CC1C. The first-order valence-electron chi connectivity index (χ1n) is 6.61. The van der Waals surface area contributed by atoms with Crippen molar-refractivity contribution < 1.29 is 4.39 Å². The fourth-order valence-electron chi connectivity index (χ4n) is 2.65. The van der Waals surface area contributed by atoms with Gasteiger partial charge < -0.3 is 5.73 Å². The van der Waals surface area contributed by atoms with Crippen LogP contribution in [0.15, 0.2) is 18.2 Å². The molecule has 0 spiro atoms. The number of hydrogen-bond donors (Lipinski definition) is 1. The molecule has 100 valence electrons. The summed E-state index contributed by atoms with van der Waals surface area (Å²) in [7, 11) is 0. The molecular formula is C14H22FN3. The summed E-state index contributed by atoms with van der Waals surface area (Å²) < 4.78 is 13.8. The third kappa shape index (κ3) is 2.82. The van der Waals surface area contributed by atoms with Crippen molar-refractivity contribution in [2.24, 2.45) is 0 Å². The maximum absolute atomic E-state index is 13.8. The summed E-state index contributed by atoms with van der Waals surface area (Å²) in [6.45, 7) is 9.19. The van der Waals surface area contributed by atoms with Crippen LogP contribution in [0.1, 0.15) is 19.4 Å². The number of anilines is 1. The molecule has 1 unspecified atom stereocenters. The molecule has 0 aromatic heterocycles. The van der Waals surface area contributed by atoms with E-state index in [0.717, 1.165) is 26.2 Å². The van der Waals surface area contributed by atoms with E-state index in [1.807, 2.05) is 12.1 Å². The Bertz CT molecular complexity index is 408. The van der Waals surface area contributed by atoms with Crippen LogP contribution in [-0.4, -0.2) is 42.0 Å². The molecule has 0 aliphatic carbocycles. The Hall–Kier alpha value is -1.13. The normalized spacial score (nSPS) is 22.3. The third-order valence-corrected chi connectivity index (χ3v) is 3.76. The van der Waals surface area contributed by atoms with Crippen molar-refractivity contribution in [2.75, 3.05) is 31.9 Å². The molecule has 2 N–H and O–H groups in total. The number of rotatable bonds is 3. The predicted molar refractivity (Wildman–Crippen MR) is 72.8 cm³/mol. The first kappa shape index (κ1) is 13.3. The molecule has 1 aromatic rings. The van der Waals surface area contributed by atoms with Gasteiger partial charge in [-0.25, -0.2) is 4.39 Å². The lowest BCUT2D eigenvalue weighted by Gasteiger charge is -2.39. The Morgan fingerprint density at radius 3 is 2.83 bits per heavy atom. The first-order chi connectivity index (χ1) is 8.61. The zero-order valence-electron chi connectivity index (χ0n) is 11.2. The van der Waals surface area contributed by atoms with E-state index in [9.17, 15) is 4.39 Å². The quantitative estimate of drug-likeness (QED) is 0.833. The van der Waals surface area contributed by atoms with E-state index in [2.05, 4.69) is 23.6 Å². The van der Waals surface area contributed by atoms with E-state index in [-0.39, 0.29) is 11.5 Å². The minimum Gasteiger partial charge on any atom is -0.396 e. The van der Waals surface area contributed by atoms with Crippen molar-refractivity contribution in [3.05, 3.63) is 29.6 Å². The molecule has 0 saturated carbocycles. The van der Waals surface area contributed by atoms with E-state index < -0.39 is 0 Å². The van der Waals surface area contributed by atoms with Crippen molar-refractivity contribution in [2.45, 2.75) is 26.4 Å². The van der Waals surface area contributed by atoms with Crippen LogP contribution < -0.4 is 5.73 Å². The number of halogens is 1. The highest BCUT2D eigenvalue weighted by Crippen LogP contribution is 2.18. The lowest BCUT2D eigenvalue weighted by atomic mass is 10.1. The van der Waals surface area contributed by atoms with Crippen LogP contribution in [-0.2, 0) is 6.54 Å². The van der Waals surface area contributed by atoms with Gasteiger partial charge in [0, 0.05) is 37.8 Å². The summed E-state index contributed by atoms with van der Waals surface area (Å²) in [6, 6.07) is 5.78. The van der Waals surface area contributed by atoms with Gasteiger partial charge in [-0.15, -0.1) is 0 Å². The van der Waals surface area contributed by atoms with Crippen molar-refractivity contribution in [3.8, 4) is 0 Å². The number of benzene rings is 1. The predicted octanol–water partition coefficient (Wildman–Crippen LogP) is 1.93. The van der Waals surface area contributed by atoms with Crippen molar-refractivity contribution >= 4 is 5.69 Å². The van der Waals surface area contributed by atoms with Gasteiger partial charge in [-0.05, 0) is 19.5 Å². The number of piperazine rings is 1. The molecule has 1 atom stereocenters. The fraction of sp³-hybridized carbons (Fsp3) is 0.571. The Kier molecular flexibility index (Phi) is 4.19. The summed E-state index contributed by atoms with van der Waals surface area (Å²) in [5.74, 6) is -0.261. The number of nitrogens with zero attached hydrogens (tertiary/aromatic N) is 2. The molecule has 4 heteroatoms. The van der Waals surface area contributed by atoms with Gasteiger partial charge in [-0.1, -0.05) is 19.1 Å². The summed E-state index contributed by atoms with van der Waals surface area (Å²) >= 11 is 0. The van der Waals surface area contributed by atoms with Gasteiger partial charge in [0.05, 0.1) is 5.69 Å². The molecule has 0 bridgehead atoms. The van der Waals surface area contributed by atoms with Gasteiger partial charge in [0.2, 0.25) is 0 Å². The molecule has 1 heterocycles. The van der Waals surface area contributed by atoms with E-state index >= 15 is 0 Å². The van der Waals surface area contributed by atoms with Crippen LogP contribution in [0.4, 0.5) is 10.1 Å². The van der Waals surface area contributed by atoms with Crippen molar-refractivity contribution in [1.82, 2.24) is 9.80 Å².